The summed E-state index contributed by atoms with van der Waals surface area (Å²) in [5.41, 5.74) is 0.618. The quantitative estimate of drug-likeness (QED) is 0.628. The van der Waals surface area contributed by atoms with Gasteiger partial charge in [-0.15, -0.1) is 0 Å². The molecule has 0 aromatic rings. The number of nitrogens with zero attached hydrogens (tertiary/aromatic N) is 1. The lowest BCUT2D eigenvalue weighted by Gasteiger charge is -2.40. The lowest BCUT2D eigenvalue weighted by molar-refractivity contribution is 0.0995. The van der Waals surface area contributed by atoms with Gasteiger partial charge < -0.3 is 4.90 Å². The highest BCUT2D eigenvalue weighted by Gasteiger charge is 2.28. The average Bonchev–Trinajstić information content (AvgIpc) is 2.05. The Labute approximate surface area is 77.1 Å². The second-order valence-corrected chi connectivity index (χ2v) is 4.54. The van der Waals surface area contributed by atoms with Gasteiger partial charge >= 0.3 is 0 Å². The Morgan fingerprint density at radius 3 is 2.67 bits per heavy atom. The normalized spacial score (nSPS) is 32.2. The number of piperidine rings is 1. The molecule has 0 aromatic heterocycles. The van der Waals surface area contributed by atoms with Crippen LogP contribution in [0.1, 0.15) is 46.5 Å². The van der Waals surface area contributed by atoms with Crippen LogP contribution in [0, 0.1) is 5.41 Å². The summed E-state index contributed by atoms with van der Waals surface area (Å²) in [6, 6.07) is 0. The van der Waals surface area contributed by atoms with Crippen molar-refractivity contribution in [2.24, 2.45) is 5.41 Å². The van der Waals surface area contributed by atoms with Gasteiger partial charge in [0.2, 0.25) is 0 Å². The van der Waals surface area contributed by atoms with Gasteiger partial charge in [0.1, 0.15) is 0 Å². The van der Waals surface area contributed by atoms with Crippen LogP contribution in [0.25, 0.3) is 0 Å². The molecular weight excluding hydrogens is 146 g/mol. The largest absolute Gasteiger partial charge is 0.303 e. The number of likely N-dealkylation sites (tertiary alicyclic amines) is 1. The maximum atomic E-state index is 2.63. The molecule has 1 aliphatic rings. The van der Waals surface area contributed by atoms with E-state index in [-0.39, 0.29) is 0 Å². The molecule has 1 atom stereocenters. The van der Waals surface area contributed by atoms with Crippen molar-refractivity contribution in [2.75, 3.05) is 19.6 Å². The molecule has 72 valence electrons. The van der Waals surface area contributed by atoms with E-state index in [1.807, 2.05) is 0 Å². The molecule has 0 aliphatic carbocycles. The lowest BCUT2D eigenvalue weighted by atomic mass is 9.80. The molecule has 0 bridgehead atoms. The number of hydrogen-bond donors (Lipinski definition) is 0. The molecule has 1 nitrogen and oxygen atoms in total. The third-order valence-electron chi connectivity index (χ3n) is 3.25. The predicted molar refractivity (Wildman–Crippen MR) is 54.4 cm³/mol. The van der Waals surface area contributed by atoms with Crippen LogP contribution < -0.4 is 0 Å². The predicted octanol–water partition coefficient (Wildman–Crippen LogP) is 2.91. The Hall–Kier alpha value is -0.0400. The van der Waals surface area contributed by atoms with Gasteiger partial charge in [-0.3, -0.25) is 0 Å². The van der Waals surface area contributed by atoms with Gasteiger partial charge in [-0.2, -0.15) is 0 Å². The Kier molecular flexibility index (Phi) is 3.57. The van der Waals surface area contributed by atoms with Crippen molar-refractivity contribution in [3.63, 3.8) is 0 Å². The summed E-state index contributed by atoms with van der Waals surface area (Å²) in [5.74, 6) is 0. The summed E-state index contributed by atoms with van der Waals surface area (Å²) in [5, 5.41) is 0. The summed E-state index contributed by atoms with van der Waals surface area (Å²) in [7, 11) is 0. The van der Waals surface area contributed by atoms with Crippen molar-refractivity contribution in [2.45, 2.75) is 46.5 Å². The van der Waals surface area contributed by atoms with E-state index in [2.05, 4.69) is 25.7 Å². The van der Waals surface area contributed by atoms with Gasteiger partial charge in [-0.1, -0.05) is 20.8 Å². The van der Waals surface area contributed by atoms with E-state index in [0.29, 0.717) is 5.41 Å². The summed E-state index contributed by atoms with van der Waals surface area (Å²) in [6.45, 7) is 11.0. The van der Waals surface area contributed by atoms with Crippen molar-refractivity contribution in [3.05, 3.63) is 0 Å². The zero-order chi connectivity index (χ0) is 9.03. The van der Waals surface area contributed by atoms with Crippen LogP contribution in [0.2, 0.25) is 0 Å². The Balaban J connectivity index is 2.39. The minimum absolute atomic E-state index is 0.618. The fourth-order valence-corrected chi connectivity index (χ4v) is 2.22. The van der Waals surface area contributed by atoms with Crippen molar-refractivity contribution in [1.29, 1.82) is 0 Å². The second-order valence-electron chi connectivity index (χ2n) is 4.54. The molecule has 0 aromatic carbocycles. The van der Waals surface area contributed by atoms with Crippen LogP contribution in [-0.2, 0) is 0 Å². The van der Waals surface area contributed by atoms with Gasteiger partial charge in [-0.25, -0.2) is 0 Å². The highest BCUT2D eigenvalue weighted by molar-refractivity contribution is 4.81. The first kappa shape index (κ1) is 10.0. The molecule has 0 radical (unpaired) electrons. The van der Waals surface area contributed by atoms with Gasteiger partial charge in [0.15, 0.2) is 0 Å². The number of rotatable bonds is 3. The highest BCUT2D eigenvalue weighted by atomic mass is 15.1. The second kappa shape index (κ2) is 4.27. The molecule has 1 rings (SSSR count). The SMILES string of the molecule is CCCN1CCCC(C)(CC)C1. The third kappa shape index (κ3) is 2.48. The smallest absolute Gasteiger partial charge is 0.00352 e. The molecule has 1 aliphatic heterocycles. The van der Waals surface area contributed by atoms with E-state index in [0.717, 1.165) is 0 Å². The maximum Gasteiger partial charge on any atom is 0.00352 e. The molecule has 12 heavy (non-hydrogen) atoms. The Bertz CT molecular complexity index is 131. The summed E-state index contributed by atoms with van der Waals surface area (Å²) in [6.07, 6.45) is 5.49. The van der Waals surface area contributed by atoms with Crippen LogP contribution >= 0.6 is 0 Å². The first-order chi connectivity index (χ1) is 5.70. The minimum Gasteiger partial charge on any atom is -0.303 e. The van der Waals surface area contributed by atoms with Crippen molar-refractivity contribution < 1.29 is 0 Å². The first-order valence-electron chi connectivity index (χ1n) is 5.42. The van der Waals surface area contributed by atoms with E-state index in [1.165, 1.54) is 45.3 Å². The molecular formula is C11H23N. The van der Waals surface area contributed by atoms with E-state index in [4.69, 9.17) is 0 Å². The van der Waals surface area contributed by atoms with Gasteiger partial charge in [-0.05, 0) is 44.2 Å². The topological polar surface area (TPSA) is 3.24 Å². The molecule has 1 unspecified atom stereocenters. The van der Waals surface area contributed by atoms with Crippen LogP contribution in [0.3, 0.4) is 0 Å². The van der Waals surface area contributed by atoms with Crippen molar-refractivity contribution in [3.8, 4) is 0 Å². The summed E-state index contributed by atoms with van der Waals surface area (Å²) < 4.78 is 0. The van der Waals surface area contributed by atoms with E-state index in [1.54, 1.807) is 0 Å². The van der Waals surface area contributed by atoms with Crippen LogP contribution in [0.5, 0.6) is 0 Å². The summed E-state index contributed by atoms with van der Waals surface area (Å²) in [4.78, 5) is 2.63. The van der Waals surface area contributed by atoms with Crippen LogP contribution in [0.15, 0.2) is 0 Å². The van der Waals surface area contributed by atoms with Gasteiger partial charge in [0.25, 0.3) is 0 Å². The summed E-state index contributed by atoms with van der Waals surface area (Å²) >= 11 is 0. The van der Waals surface area contributed by atoms with Crippen molar-refractivity contribution >= 4 is 0 Å². The average molecular weight is 169 g/mol. The molecule has 0 spiro atoms. The molecule has 1 heterocycles. The third-order valence-corrected chi connectivity index (χ3v) is 3.25. The van der Waals surface area contributed by atoms with E-state index < -0.39 is 0 Å². The minimum atomic E-state index is 0.618. The maximum absolute atomic E-state index is 2.63. The zero-order valence-corrected chi connectivity index (χ0v) is 8.90. The molecule has 0 amide bonds. The number of hydrogen-bond acceptors (Lipinski definition) is 1. The van der Waals surface area contributed by atoms with Crippen LogP contribution in [0.4, 0.5) is 0 Å². The van der Waals surface area contributed by atoms with Crippen molar-refractivity contribution in [1.82, 2.24) is 4.90 Å². The molecule has 1 fully saturated rings. The van der Waals surface area contributed by atoms with E-state index >= 15 is 0 Å². The Morgan fingerprint density at radius 2 is 2.08 bits per heavy atom. The Morgan fingerprint density at radius 1 is 1.33 bits per heavy atom. The fraction of sp³-hybridized carbons (Fsp3) is 1.00. The van der Waals surface area contributed by atoms with Crippen LogP contribution in [-0.4, -0.2) is 24.5 Å². The molecule has 0 saturated carbocycles. The van der Waals surface area contributed by atoms with Gasteiger partial charge in [0.05, 0.1) is 0 Å². The standard InChI is InChI=1S/C11H23N/c1-4-8-12-9-6-7-11(3,5-2)10-12/h4-10H2,1-3H3. The van der Waals surface area contributed by atoms with Gasteiger partial charge in [0, 0.05) is 6.54 Å². The monoisotopic (exact) mass is 169 g/mol. The molecule has 0 N–H and O–H groups in total. The first-order valence-corrected chi connectivity index (χ1v) is 5.42. The zero-order valence-electron chi connectivity index (χ0n) is 8.90. The molecule has 1 saturated heterocycles. The lowest BCUT2D eigenvalue weighted by Crippen LogP contribution is -2.41. The highest BCUT2D eigenvalue weighted by Crippen LogP contribution is 2.32. The molecule has 1 heteroatoms. The fourth-order valence-electron chi connectivity index (χ4n) is 2.22. The van der Waals surface area contributed by atoms with E-state index in [9.17, 15) is 0 Å².